The van der Waals surface area contributed by atoms with Crippen molar-refractivity contribution in [3.63, 3.8) is 0 Å². The number of aromatic nitrogens is 1. The van der Waals surface area contributed by atoms with Crippen LogP contribution in [0.5, 0.6) is 5.75 Å². The molecule has 1 aromatic rings. The second kappa shape index (κ2) is 3.91. The predicted molar refractivity (Wildman–Crippen MR) is 56.6 cm³/mol. The average Bonchev–Trinajstić information content (AvgIpc) is 2.13. The van der Waals surface area contributed by atoms with Crippen LogP contribution in [0.2, 0.25) is 0 Å². The fraction of sp³-hybridized carbons (Fsp3) is 0.250. The van der Waals surface area contributed by atoms with E-state index in [4.69, 9.17) is 0 Å². The Morgan fingerprint density at radius 2 is 2.31 bits per heavy atom. The molecule has 4 nitrogen and oxygen atoms in total. The van der Waals surface area contributed by atoms with E-state index in [0.29, 0.717) is 0 Å². The third-order valence-corrected chi connectivity index (χ3v) is 2.36. The summed E-state index contributed by atoms with van der Waals surface area (Å²) in [5.74, 6) is -0.706. The zero-order valence-corrected chi connectivity index (χ0v) is 9.11. The lowest BCUT2D eigenvalue weighted by Gasteiger charge is -2.02. The van der Waals surface area contributed by atoms with Crippen molar-refractivity contribution in [2.75, 3.05) is 4.43 Å². The fourth-order valence-corrected chi connectivity index (χ4v) is 1.32. The molecule has 0 aromatic carbocycles. The number of rotatable bonds is 2. The normalized spacial score (nSPS) is 10.0. The number of hydrogen-bond donors (Lipinski definition) is 1. The van der Waals surface area contributed by atoms with Gasteiger partial charge in [-0.15, -0.1) is 0 Å². The Balaban J connectivity index is 3.35. The van der Waals surface area contributed by atoms with Gasteiger partial charge >= 0.3 is 0 Å². The number of ketones is 1. The summed E-state index contributed by atoms with van der Waals surface area (Å²) in [5.41, 5.74) is -0.451. The van der Waals surface area contributed by atoms with Crippen LogP contribution in [0.15, 0.2) is 17.1 Å². The molecule has 0 aliphatic rings. The van der Waals surface area contributed by atoms with Gasteiger partial charge in [0.15, 0.2) is 11.5 Å². The molecule has 0 radical (unpaired) electrons. The SMILES string of the molecule is Cn1ccc(C(=O)CI)c(O)c1=O. The molecule has 0 saturated heterocycles. The Kier molecular flexibility index (Phi) is 3.07. The van der Waals surface area contributed by atoms with Gasteiger partial charge in [0.05, 0.1) is 9.99 Å². The number of Topliss-reactive ketones (excluding diaryl/α,β-unsaturated/α-hetero) is 1. The van der Waals surface area contributed by atoms with Crippen LogP contribution in [0.4, 0.5) is 0 Å². The lowest BCUT2D eigenvalue weighted by molar-refractivity contribution is 0.102. The number of pyridine rings is 1. The minimum atomic E-state index is -0.546. The number of halogens is 1. The highest BCUT2D eigenvalue weighted by Crippen LogP contribution is 2.11. The van der Waals surface area contributed by atoms with Gasteiger partial charge in [-0.3, -0.25) is 9.59 Å². The van der Waals surface area contributed by atoms with E-state index in [1.165, 1.54) is 23.9 Å². The minimum absolute atomic E-state index is 0.0949. The lowest BCUT2D eigenvalue weighted by Crippen LogP contribution is -2.18. The maximum absolute atomic E-state index is 11.2. The molecular formula is C8H8INO3. The van der Waals surface area contributed by atoms with Gasteiger partial charge in [-0.2, -0.15) is 0 Å². The first-order valence-electron chi connectivity index (χ1n) is 3.55. The Labute approximate surface area is 88.3 Å². The highest BCUT2D eigenvalue weighted by atomic mass is 127. The van der Waals surface area contributed by atoms with Crippen LogP contribution in [0.25, 0.3) is 0 Å². The molecule has 13 heavy (non-hydrogen) atoms. The van der Waals surface area contributed by atoms with Crippen LogP contribution in [0, 0.1) is 0 Å². The molecule has 1 aromatic heterocycles. The molecule has 0 spiro atoms. The molecule has 0 amide bonds. The van der Waals surface area contributed by atoms with Crippen molar-refractivity contribution in [1.29, 1.82) is 0 Å². The van der Waals surface area contributed by atoms with E-state index >= 15 is 0 Å². The first kappa shape index (κ1) is 10.2. The van der Waals surface area contributed by atoms with E-state index in [1.807, 2.05) is 22.6 Å². The van der Waals surface area contributed by atoms with Crippen molar-refractivity contribution in [2.45, 2.75) is 0 Å². The number of carbonyl (C=O) groups excluding carboxylic acids is 1. The molecule has 1 heterocycles. The Bertz CT molecular complexity index is 397. The molecule has 0 saturated carbocycles. The van der Waals surface area contributed by atoms with Crippen molar-refractivity contribution in [3.05, 3.63) is 28.2 Å². The molecular weight excluding hydrogens is 285 g/mol. The molecule has 1 rings (SSSR count). The quantitative estimate of drug-likeness (QED) is 0.496. The van der Waals surface area contributed by atoms with Gasteiger partial charge in [-0.05, 0) is 6.07 Å². The zero-order valence-electron chi connectivity index (χ0n) is 6.95. The summed E-state index contributed by atoms with van der Waals surface area (Å²) in [4.78, 5) is 22.4. The molecule has 0 aliphatic heterocycles. The molecule has 5 heteroatoms. The van der Waals surface area contributed by atoms with Gasteiger partial charge in [-0.1, -0.05) is 22.6 Å². The van der Waals surface area contributed by atoms with Crippen LogP contribution in [-0.4, -0.2) is 19.9 Å². The van der Waals surface area contributed by atoms with E-state index in [0.717, 1.165) is 0 Å². The highest BCUT2D eigenvalue weighted by molar-refractivity contribution is 14.1. The van der Waals surface area contributed by atoms with Crippen molar-refractivity contribution >= 4 is 28.4 Å². The van der Waals surface area contributed by atoms with E-state index in [1.54, 1.807) is 0 Å². The molecule has 0 bridgehead atoms. The molecule has 1 N–H and O–H groups in total. The van der Waals surface area contributed by atoms with E-state index < -0.39 is 11.3 Å². The van der Waals surface area contributed by atoms with Crippen molar-refractivity contribution in [3.8, 4) is 5.75 Å². The second-order valence-electron chi connectivity index (χ2n) is 2.55. The Hall–Kier alpha value is -0.850. The van der Waals surface area contributed by atoms with Gasteiger partial charge in [0.2, 0.25) is 0 Å². The largest absolute Gasteiger partial charge is 0.503 e. The van der Waals surface area contributed by atoms with Crippen LogP contribution >= 0.6 is 22.6 Å². The lowest BCUT2D eigenvalue weighted by atomic mass is 10.2. The van der Waals surface area contributed by atoms with Crippen LogP contribution in [-0.2, 0) is 7.05 Å². The first-order chi connectivity index (χ1) is 6.07. The molecule has 0 aliphatic carbocycles. The summed E-state index contributed by atoms with van der Waals surface area (Å²) in [6, 6.07) is 1.44. The standard InChI is InChI=1S/C8H8INO3/c1-10-3-2-5(6(11)4-9)7(12)8(10)13/h2-3,12H,4H2,1H3. The topological polar surface area (TPSA) is 59.3 Å². The Morgan fingerprint density at radius 3 is 2.85 bits per heavy atom. The number of hydrogen-bond acceptors (Lipinski definition) is 3. The van der Waals surface area contributed by atoms with Gasteiger partial charge in [0.1, 0.15) is 0 Å². The first-order valence-corrected chi connectivity index (χ1v) is 5.08. The smallest absolute Gasteiger partial charge is 0.293 e. The summed E-state index contributed by atoms with van der Waals surface area (Å²) in [5, 5.41) is 9.32. The minimum Gasteiger partial charge on any atom is -0.503 e. The maximum atomic E-state index is 11.2. The summed E-state index contributed by atoms with van der Waals surface area (Å²) >= 11 is 1.88. The number of alkyl halides is 1. The third-order valence-electron chi connectivity index (χ3n) is 1.66. The van der Waals surface area contributed by atoms with Gasteiger partial charge < -0.3 is 9.67 Å². The fourth-order valence-electron chi connectivity index (χ4n) is 0.912. The average molecular weight is 293 g/mol. The highest BCUT2D eigenvalue weighted by Gasteiger charge is 2.12. The number of carbonyl (C=O) groups is 1. The van der Waals surface area contributed by atoms with Crippen LogP contribution < -0.4 is 5.56 Å². The van der Waals surface area contributed by atoms with Crippen molar-refractivity contribution in [2.24, 2.45) is 7.05 Å². The molecule has 0 atom stereocenters. The second-order valence-corrected chi connectivity index (χ2v) is 3.31. The number of aromatic hydroxyl groups is 1. The predicted octanol–water partition coefficient (Wildman–Crippen LogP) is 0.709. The van der Waals surface area contributed by atoms with Gasteiger partial charge in [0.25, 0.3) is 5.56 Å². The molecule has 0 unspecified atom stereocenters. The maximum Gasteiger partial charge on any atom is 0.293 e. The molecule has 70 valence electrons. The third kappa shape index (κ3) is 1.90. The molecule has 0 fully saturated rings. The number of nitrogens with zero attached hydrogens (tertiary/aromatic N) is 1. The Morgan fingerprint density at radius 1 is 1.69 bits per heavy atom. The van der Waals surface area contributed by atoms with Gasteiger partial charge in [-0.25, -0.2) is 0 Å². The van der Waals surface area contributed by atoms with Crippen molar-refractivity contribution in [1.82, 2.24) is 4.57 Å². The summed E-state index contributed by atoms with van der Waals surface area (Å²) in [6.07, 6.45) is 1.46. The van der Waals surface area contributed by atoms with E-state index in [2.05, 4.69) is 0 Å². The van der Waals surface area contributed by atoms with Crippen molar-refractivity contribution < 1.29 is 9.90 Å². The van der Waals surface area contributed by atoms with Crippen LogP contribution in [0.3, 0.4) is 0 Å². The number of aryl methyl sites for hydroxylation is 1. The van der Waals surface area contributed by atoms with Crippen LogP contribution in [0.1, 0.15) is 10.4 Å². The zero-order chi connectivity index (χ0) is 10.0. The van der Waals surface area contributed by atoms with E-state index in [-0.39, 0.29) is 15.8 Å². The summed E-state index contributed by atoms with van der Waals surface area (Å²) < 4.78 is 1.47. The van der Waals surface area contributed by atoms with E-state index in [9.17, 15) is 14.7 Å². The summed E-state index contributed by atoms with van der Waals surface area (Å²) in [7, 11) is 1.51. The monoisotopic (exact) mass is 293 g/mol. The summed E-state index contributed by atoms with van der Waals surface area (Å²) in [6.45, 7) is 0. The van der Waals surface area contributed by atoms with Gasteiger partial charge in [0, 0.05) is 13.2 Å².